The smallest absolute Gasteiger partial charge is 0.303 e. The number of Topliss-reactive ketones (excluding diaryl/α,β-unsaturated/α-hetero) is 1. The molecule has 1 aromatic carbocycles. The highest BCUT2D eigenvalue weighted by molar-refractivity contribution is 6.32. The molecule has 17 heavy (non-hydrogen) atoms. The number of ether oxygens (including phenoxy) is 2. The first-order chi connectivity index (χ1) is 7.95. The first-order valence-corrected chi connectivity index (χ1v) is 5.03. The second kappa shape index (κ2) is 5.63. The van der Waals surface area contributed by atoms with Gasteiger partial charge in [-0.05, 0) is 12.1 Å². The van der Waals surface area contributed by atoms with Crippen molar-refractivity contribution in [3.63, 3.8) is 0 Å². The molecule has 0 unspecified atom stereocenters. The standard InChI is InChI=1S/C11H10ClFO4/c1-6(14)17-5-10(15)7-3-11(16-2)8(12)4-9(7)13/h3-4H,5H2,1-2H3. The van der Waals surface area contributed by atoms with Crippen LogP contribution >= 0.6 is 11.6 Å². The zero-order valence-electron chi connectivity index (χ0n) is 9.25. The Morgan fingerprint density at radius 3 is 2.59 bits per heavy atom. The van der Waals surface area contributed by atoms with E-state index in [1.807, 2.05) is 0 Å². The molecule has 92 valence electrons. The van der Waals surface area contributed by atoms with Crippen molar-refractivity contribution in [2.75, 3.05) is 13.7 Å². The van der Waals surface area contributed by atoms with Crippen molar-refractivity contribution in [2.24, 2.45) is 0 Å². The van der Waals surface area contributed by atoms with Crippen LogP contribution in [-0.4, -0.2) is 25.5 Å². The summed E-state index contributed by atoms with van der Waals surface area (Å²) in [4.78, 5) is 22.1. The summed E-state index contributed by atoms with van der Waals surface area (Å²) in [5, 5.41) is 0.0639. The lowest BCUT2D eigenvalue weighted by molar-refractivity contribution is -0.139. The highest BCUT2D eigenvalue weighted by Crippen LogP contribution is 2.27. The van der Waals surface area contributed by atoms with E-state index in [1.54, 1.807) is 0 Å². The Hall–Kier alpha value is -1.62. The molecule has 0 heterocycles. The van der Waals surface area contributed by atoms with Gasteiger partial charge in [-0.15, -0.1) is 0 Å². The maximum Gasteiger partial charge on any atom is 0.303 e. The summed E-state index contributed by atoms with van der Waals surface area (Å²) in [6, 6.07) is 2.14. The fraction of sp³-hybridized carbons (Fsp3) is 0.273. The van der Waals surface area contributed by atoms with E-state index < -0.39 is 24.2 Å². The van der Waals surface area contributed by atoms with E-state index in [4.69, 9.17) is 16.3 Å². The molecular weight excluding hydrogens is 251 g/mol. The molecule has 6 heteroatoms. The molecule has 0 atom stereocenters. The second-order valence-corrected chi connectivity index (χ2v) is 3.58. The largest absolute Gasteiger partial charge is 0.495 e. The Morgan fingerprint density at radius 2 is 2.06 bits per heavy atom. The maximum absolute atomic E-state index is 13.4. The molecule has 0 fully saturated rings. The van der Waals surface area contributed by atoms with E-state index in [1.165, 1.54) is 13.2 Å². The second-order valence-electron chi connectivity index (χ2n) is 3.17. The van der Waals surface area contributed by atoms with Gasteiger partial charge < -0.3 is 9.47 Å². The molecule has 0 bridgehead atoms. The lowest BCUT2D eigenvalue weighted by atomic mass is 10.1. The van der Waals surface area contributed by atoms with Crippen molar-refractivity contribution in [1.82, 2.24) is 0 Å². The third-order valence-electron chi connectivity index (χ3n) is 1.95. The Balaban J connectivity index is 2.97. The van der Waals surface area contributed by atoms with Crippen molar-refractivity contribution in [1.29, 1.82) is 0 Å². The topological polar surface area (TPSA) is 52.6 Å². The molecule has 1 rings (SSSR count). The molecule has 1 aromatic rings. The van der Waals surface area contributed by atoms with Crippen LogP contribution in [0.2, 0.25) is 5.02 Å². The average Bonchev–Trinajstić information content (AvgIpc) is 2.26. The van der Waals surface area contributed by atoms with Crippen LogP contribution in [0.15, 0.2) is 12.1 Å². The number of ketones is 1. The minimum absolute atomic E-state index is 0.0639. The lowest BCUT2D eigenvalue weighted by Crippen LogP contribution is -2.13. The molecule has 0 saturated heterocycles. The van der Waals surface area contributed by atoms with E-state index >= 15 is 0 Å². The van der Waals surface area contributed by atoms with Gasteiger partial charge in [-0.2, -0.15) is 0 Å². The van der Waals surface area contributed by atoms with Gasteiger partial charge in [-0.1, -0.05) is 11.6 Å². The number of methoxy groups -OCH3 is 1. The third-order valence-corrected chi connectivity index (χ3v) is 2.24. The fourth-order valence-electron chi connectivity index (χ4n) is 1.14. The van der Waals surface area contributed by atoms with Crippen LogP contribution in [0.4, 0.5) is 4.39 Å². The molecule has 0 radical (unpaired) electrons. The lowest BCUT2D eigenvalue weighted by Gasteiger charge is -2.07. The van der Waals surface area contributed by atoms with Gasteiger partial charge >= 0.3 is 5.97 Å². The predicted octanol–water partition coefficient (Wildman–Crippen LogP) is 2.23. The van der Waals surface area contributed by atoms with E-state index in [9.17, 15) is 14.0 Å². The minimum Gasteiger partial charge on any atom is -0.495 e. The molecule has 0 aliphatic heterocycles. The van der Waals surface area contributed by atoms with Crippen LogP contribution in [0.25, 0.3) is 0 Å². The number of hydrogen-bond acceptors (Lipinski definition) is 4. The third kappa shape index (κ3) is 3.42. The Kier molecular flexibility index (Phi) is 4.45. The highest BCUT2D eigenvalue weighted by Gasteiger charge is 2.16. The summed E-state index contributed by atoms with van der Waals surface area (Å²) in [6.07, 6.45) is 0. The van der Waals surface area contributed by atoms with Gasteiger partial charge in [0.1, 0.15) is 11.6 Å². The van der Waals surface area contributed by atoms with Gasteiger partial charge in [0.2, 0.25) is 5.78 Å². The number of carbonyl (C=O) groups is 2. The molecule has 0 spiro atoms. The number of halogens is 2. The van der Waals surface area contributed by atoms with E-state index in [0.29, 0.717) is 0 Å². The Bertz CT molecular complexity index is 459. The zero-order chi connectivity index (χ0) is 13.0. The number of hydrogen-bond donors (Lipinski definition) is 0. The van der Waals surface area contributed by atoms with Gasteiger partial charge in [0, 0.05) is 6.92 Å². The predicted molar refractivity (Wildman–Crippen MR) is 58.9 cm³/mol. The number of esters is 1. The molecule has 0 aromatic heterocycles. The van der Waals surface area contributed by atoms with Gasteiger partial charge in [-0.25, -0.2) is 4.39 Å². The normalized spacial score (nSPS) is 9.88. The molecule has 0 saturated carbocycles. The summed E-state index contributed by atoms with van der Waals surface area (Å²) in [5.41, 5.74) is -0.229. The van der Waals surface area contributed by atoms with Crippen molar-refractivity contribution >= 4 is 23.4 Å². The van der Waals surface area contributed by atoms with Crippen LogP contribution in [0, 0.1) is 5.82 Å². The zero-order valence-corrected chi connectivity index (χ0v) is 10.0. The Labute approximate surface area is 102 Å². The number of benzene rings is 1. The van der Waals surface area contributed by atoms with Crippen LogP contribution in [0.5, 0.6) is 5.75 Å². The van der Waals surface area contributed by atoms with Crippen LogP contribution in [-0.2, 0) is 9.53 Å². The molecule has 4 nitrogen and oxygen atoms in total. The van der Waals surface area contributed by atoms with Crippen molar-refractivity contribution in [2.45, 2.75) is 6.92 Å². The summed E-state index contributed by atoms with van der Waals surface area (Å²) in [5.74, 6) is -1.88. The highest BCUT2D eigenvalue weighted by atomic mass is 35.5. The first-order valence-electron chi connectivity index (χ1n) is 4.65. The summed E-state index contributed by atoms with van der Waals surface area (Å²) < 4.78 is 22.8. The number of carbonyl (C=O) groups excluding carboxylic acids is 2. The molecule has 0 aliphatic rings. The SMILES string of the molecule is COc1cc(C(=O)COC(C)=O)c(F)cc1Cl. The Morgan fingerprint density at radius 1 is 1.41 bits per heavy atom. The summed E-state index contributed by atoms with van der Waals surface area (Å²) in [6.45, 7) is 0.642. The summed E-state index contributed by atoms with van der Waals surface area (Å²) in [7, 11) is 1.35. The fourth-order valence-corrected chi connectivity index (χ4v) is 1.37. The summed E-state index contributed by atoms with van der Waals surface area (Å²) >= 11 is 5.67. The van der Waals surface area contributed by atoms with Gasteiger partial charge in [0.25, 0.3) is 0 Å². The van der Waals surface area contributed by atoms with E-state index in [2.05, 4.69) is 4.74 Å². The molecular formula is C11H10ClFO4. The van der Waals surface area contributed by atoms with Crippen LogP contribution in [0.3, 0.4) is 0 Å². The van der Waals surface area contributed by atoms with E-state index in [-0.39, 0.29) is 16.3 Å². The van der Waals surface area contributed by atoms with Crippen molar-refractivity contribution in [3.05, 3.63) is 28.5 Å². The van der Waals surface area contributed by atoms with Crippen molar-refractivity contribution in [3.8, 4) is 5.75 Å². The minimum atomic E-state index is -0.784. The average molecular weight is 261 g/mol. The van der Waals surface area contributed by atoms with Gasteiger partial charge in [0.15, 0.2) is 6.61 Å². The quantitative estimate of drug-likeness (QED) is 0.615. The van der Waals surface area contributed by atoms with Crippen molar-refractivity contribution < 1.29 is 23.5 Å². The maximum atomic E-state index is 13.4. The van der Waals surface area contributed by atoms with Gasteiger partial charge in [-0.3, -0.25) is 9.59 Å². The molecule has 0 aliphatic carbocycles. The first kappa shape index (κ1) is 13.4. The molecule has 0 amide bonds. The van der Waals surface area contributed by atoms with Crippen LogP contribution in [0.1, 0.15) is 17.3 Å². The van der Waals surface area contributed by atoms with E-state index in [0.717, 1.165) is 13.0 Å². The van der Waals surface area contributed by atoms with Crippen LogP contribution < -0.4 is 4.74 Å². The molecule has 0 N–H and O–H groups in total. The number of rotatable bonds is 4. The van der Waals surface area contributed by atoms with Gasteiger partial charge in [0.05, 0.1) is 17.7 Å². The monoisotopic (exact) mass is 260 g/mol.